The van der Waals surface area contributed by atoms with E-state index in [0.29, 0.717) is 11.6 Å². The lowest BCUT2D eigenvalue weighted by molar-refractivity contribution is 0.0506. The summed E-state index contributed by atoms with van der Waals surface area (Å²) in [6, 6.07) is 0.225. The standard InChI is InChI=1S/C15H21F2N3O2/c1-9(2)20(5)15-18-8-12(11(4)19-15)14(21)22-7-6-10(3)13(16)17/h8-9H,6-7H2,1-5H3. The molecule has 0 atom stereocenters. The van der Waals surface area contributed by atoms with Crippen molar-refractivity contribution in [1.82, 2.24) is 9.97 Å². The van der Waals surface area contributed by atoms with E-state index in [1.54, 1.807) is 6.92 Å². The Morgan fingerprint density at radius 1 is 1.41 bits per heavy atom. The fourth-order valence-corrected chi connectivity index (χ4v) is 1.53. The van der Waals surface area contributed by atoms with E-state index < -0.39 is 12.0 Å². The number of esters is 1. The Morgan fingerprint density at radius 2 is 2.05 bits per heavy atom. The Morgan fingerprint density at radius 3 is 2.55 bits per heavy atom. The highest BCUT2D eigenvalue weighted by atomic mass is 19.3. The first-order valence-corrected chi connectivity index (χ1v) is 6.98. The summed E-state index contributed by atoms with van der Waals surface area (Å²) in [5.74, 6) is -0.0920. The Labute approximate surface area is 129 Å². The lowest BCUT2D eigenvalue weighted by atomic mass is 10.2. The number of hydrogen-bond donors (Lipinski definition) is 0. The summed E-state index contributed by atoms with van der Waals surface area (Å²) in [7, 11) is 1.86. The maximum Gasteiger partial charge on any atom is 0.341 e. The zero-order chi connectivity index (χ0) is 16.9. The molecular weight excluding hydrogens is 292 g/mol. The minimum absolute atomic E-state index is 0.00213. The number of carbonyl (C=O) groups excluding carboxylic acids is 1. The van der Waals surface area contributed by atoms with Crippen LogP contribution in [0.25, 0.3) is 0 Å². The number of rotatable bonds is 6. The van der Waals surface area contributed by atoms with E-state index in [-0.39, 0.29) is 30.2 Å². The first-order valence-electron chi connectivity index (χ1n) is 6.98. The molecule has 0 unspecified atom stereocenters. The lowest BCUT2D eigenvalue weighted by Gasteiger charge is -2.21. The van der Waals surface area contributed by atoms with Gasteiger partial charge in [0.25, 0.3) is 6.08 Å². The Balaban J connectivity index is 2.73. The molecule has 0 aromatic carbocycles. The summed E-state index contributed by atoms with van der Waals surface area (Å²) in [6.45, 7) is 6.88. The summed E-state index contributed by atoms with van der Waals surface area (Å²) < 4.78 is 29.5. The van der Waals surface area contributed by atoms with Crippen LogP contribution in [0.3, 0.4) is 0 Å². The summed E-state index contributed by atoms with van der Waals surface area (Å²) in [5.41, 5.74) is 0.643. The molecule has 0 aliphatic carbocycles. The van der Waals surface area contributed by atoms with Gasteiger partial charge in [-0.25, -0.2) is 14.8 Å². The molecule has 0 N–H and O–H groups in total. The Kier molecular flexibility index (Phi) is 6.39. The topological polar surface area (TPSA) is 55.3 Å². The number of nitrogens with zero attached hydrogens (tertiary/aromatic N) is 3. The third-order valence-electron chi connectivity index (χ3n) is 3.31. The molecule has 7 heteroatoms. The number of halogens is 2. The molecule has 1 rings (SSSR count). The number of hydrogen-bond acceptors (Lipinski definition) is 5. The summed E-state index contributed by atoms with van der Waals surface area (Å²) in [6.07, 6.45) is -0.337. The van der Waals surface area contributed by atoms with E-state index in [9.17, 15) is 13.6 Å². The second-order valence-corrected chi connectivity index (χ2v) is 5.30. The van der Waals surface area contributed by atoms with Gasteiger partial charge in [0.1, 0.15) is 0 Å². The maximum atomic E-state index is 12.2. The highest BCUT2D eigenvalue weighted by molar-refractivity contribution is 5.90. The van der Waals surface area contributed by atoms with Gasteiger partial charge in [0.05, 0.1) is 17.9 Å². The van der Waals surface area contributed by atoms with Crippen LogP contribution in [-0.4, -0.2) is 35.6 Å². The van der Waals surface area contributed by atoms with Gasteiger partial charge in [-0.3, -0.25) is 0 Å². The van der Waals surface area contributed by atoms with E-state index in [1.807, 2.05) is 25.8 Å². The molecule has 1 aromatic rings. The van der Waals surface area contributed by atoms with Crippen molar-refractivity contribution in [2.45, 2.75) is 40.2 Å². The smallest absolute Gasteiger partial charge is 0.341 e. The molecule has 122 valence electrons. The molecule has 0 aliphatic rings. The van der Waals surface area contributed by atoms with E-state index in [1.165, 1.54) is 13.1 Å². The highest BCUT2D eigenvalue weighted by Crippen LogP contribution is 2.14. The number of aromatic nitrogens is 2. The summed E-state index contributed by atoms with van der Waals surface area (Å²) in [4.78, 5) is 22.2. The molecule has 0 saturated heterocycles. The van der Waals surface area contributed by atoms with E-state index >= 15 is 0 Å². The fourth-order valence-electron chi connectivity index (χ4n) is 1.53. The molecule has 0 fully saturated rings. The van der Waals surface area contributed by atoms with Gasteiger partial charge in [-0.15, -0.1) is 0 Å². The molecule has 0 aliphatic heterocycles. The van der Waals surface area contributed by atoms with Crippen LogP contribution in [0.5, 0.6) is 0 Å². The zero-order valence-corrected chi connectivity index (χ0v) is 13.5. The monoisotopic (exact) mass is 313 g/mol. The minimum atomic E-state index is -1.74. The van der Waals surface area contributed by atoms with Crippen molar-refractivity contribution >= 4 is 11.9 Å². The van der Waals surface area contributed by atoms with Crippen molar-refractivity contribution in [3.8, 4) is 0 Å². The number of ether oxygens (including phenoxy) is 1. The average Bonchev–Trinajstić information content (AvgIpc) is 2.45. The molecule has 1 aromatic heterocycles. The molecule has 0 spiro atoms. The SMILES string of the molecule is CC(CCOC(=O)c1cnc(N(C)C(C)C)nc1C)=C(F)F. The summed E-state index contributed by atoms with van der Waals surface area (Å²) in [5, 5.41) is 0. The third-order valence-corrected chi connectivity index (χ3v) is 3.31. The van der Waals surface area contributed by atoms with Crippen LogP contribution in [0.1, 0.15) is 43.2 Å². The first kappa shape index (κ1) is 18.0. The molecule has 22 heavy (non-hydrogen) atoms. The lowest BCUT2D eigenvalue weighted by Crippen LogP contribution is -2.28. The quantitative estimate of drug-likeness (QED) is 0.754. The zero-order valence-electron chi connectivity index (χ0n) is 13.5. The van der Waals surface area contributed by atoms with Crippen molar-refractivity contribution in [3.05, 3.63) is 29.1 Å². The molecular formula is C15H21F2N3O2. The van der Waals surface area contributed by atoms with Gasteiger partial charge in [0.15, 0.2) is 0 Å². The molecule has 0 bridgehead atoms. The van der Waals surface area contributed by atoms with E-state index in [2.05, 4.69) is 9.97 Å². The number of aryl methyl sites for hydroxylation is 1. The minimum Gasteiger partial charge on any atom is -0.462 e. The van der Waals surface area contributed by atoms with E-state index in [0.717, 1.165) is 0 Å². The highest BCUT2D eigenvalue weighted by Gasteiger charge is 2.16. The fraction of sp³-hybridized carbons (Fsp3) is 0.533. The van der Waals surface area contributed by atoms with Crippen LogP contribution in [-0.2, 0) is 4.74 Å². The average molecular weight is 313 g/mol. The van der Waals surface area contributed by atoms with Gasteiger partial charge >= 0.3 is 5.97 Å². The second kappa shape index (κ2) is 7.82. The Bertz CT molecular complexity index is 570. The Hall–Kier alpha value is -2.05. The van der Waals surface area contributed by atoms with Crippen LogP contribution in [0.2, 0.25) is 0 Å². The van der Waals surface area contributed by atoms with Crippen LogP contribution < -0.4 is 4.90 Å². The van der Waals surface area contributed by atoms with Crippen molar-refractivity contribution in [1.29, 1.82) is 0 Å². The van der Waals surface area contributed by atoms with Gasteiger partial charge in [-0.2, -0.15) is 8.78 Å². The van der Waals surface area contributed by atoms with Crippen LogP contribution in [0.15, 0.2) is 17.9 Å². The van der Waals surface area contributed by atoms with Gasteiger partial charge in [0.2, 0.25) is 5.95 Å². The third kappa shape index (κ3) is 4.75. The van der Waals surface area contributed by atoms with Crippen molar-refractivity contribution in [3.63, 3.8) is 0 Å². The van der Waals surface area contributed by atoms with Crippen molar-refractivity contribution in [2.75, 3.05) is 18.6 Å². The van der Waals surface area contributed by atoms with Crippen molar-refractivity contribution < 1.29 is 18.3 Å². The first-order chi connectivity index (χ1) is 10.2. The largest absolute Gasteiger partial charge is 0.462 e. The molecule has 0 saturated carbocycles. The van der Waals surface area contributed by atoms with E-state index in [4.69, 9.17) is 4.74 Å². The van der Waals surface area contributed by atoms with Crippen LogP contribution in [0, 0.1) is 6.92 Å². The van der Waals surface area contributed by atoms with Gasteiger partial charge in [0, 0.05) is 25.7 Å². The number of carbonyl (C=O) groups is 1. The van der Waals surface area contributed by atoms with Gasteiger partial charge in [-0.05, 0) is 33.3 Å². The predicted molar refractivity (Wildman–Crippen MR) is 80.1 cm³/mol. The maximum absolute atomic E-state index is 12.2. The van der Waals surface area contributed by atoms with Gasteiger partial charge < -0.3 is 9.64 Å². The second-order valence-electron chi connectivity index (χ2n) is 5.30. The number of anilines is 1. The van der Waals surface area contributed by atoms with Crippen molar-refractivity contribution in [2.24, 2.45) is 0 Å². The van der Waals surface area contributed by atoms with Gasteiger partial charge in [-0.1, -0.05) is 0 Å². The predicted octanol–water partition coefficient (Wildman–Crippen LogP) is 3.35. The molecule has 1 heterocycles. The summed E-state index contributed by atoms with van der Waals surface area (Å²) >= 11 is 0. The normalized spacial score (nSPS) is 10.5. The molecule has 0 radical (unpaired) electrons. The van der Waals surface area contributed by atoms with Crippen LogP contribution >= 0.6 is 0 Å². The molecule has 0 amide bonds. The van der Waals surface area contributed by atoms with Crippen LogP contribution in [0.4, 0.5) is 14.7 Å². The molecule has 5 nitrogen and oxygen atoms in total.